The van der Waals surface area contributed by atoms with E-state index in [1.165, 1.54) is 0 Å². The zero-order valence-corrected chi connectivity index (χ0v) is 9.87. The third kappa shape index (κ3) is 2.82. The summed E-state index contributed by atoms with van der Waals surface area (Å²) in [6.45, 7) is 3.75. The minimum Gasteiger partial charge on any atom is -0.346 e. The van der Waals surface area contributed by atoms with E-state index < -0.39 is 0 Å². The van der Waals surface area contributed by atoms with Crippen LogP contribution in [-0.4, -0.2) is 17.4 Å². The predicted octanol–water partition coefficient (Wildman–Crippen LogP) is 2.72. The number of para-hydroxylation sites is 1. The number of fused-ring (bicyclic) bond motifs is 1. The van der Waals surface area contributed by atoms with Crippen molar-refractivity contribution in [2.45, 2.75) is 0 Å². The van der Waals surface area contributed by atoms with Gasteiger partial charge in [0.25, 0.3) is 5.91 Å². The number of aromatic nitrogens is 1. The number of nitrogens with zero attached hydrogens (tertiary/aromatic N) is 1. The van der Waals surface area contributed by atoms with Gasteiger partial charge in [0.2, 0.25) is 0 Å². The maximum absolute atomic E-state index is 11.7. The molecule has 4 heteroatoms. The molecule has 0 aliphatic rings. The lowest BCUT2D eigenvalue weighted by Crippen LogP contribution is -2.25. The average Bonchev–Trinajstić information content (AvgIpc) is 2.35. The molecule has 1 N–H and O–H groups in total. The van der Waals surface area contributed by atoms with Crippen LogP contribution < -0.4 is 5.32 Å². The lowest BCUT2D eigenvalue weighted by Gasteiger charge is -2.04. The molecule has 1 aromatic carbocycles. The number of benzene rings is 1. The molecule has 1 aromatic heterocycles. The van der Waals surface area contributed by atoms with Crippen LogP contribution in [0.1, 0.15) is 10.5 Å². The number of halogens is 1. The van der Waals surface area contributed by atoms with Gasteiger partial charge in [-0.15, -0.1) is 0 Å². The van der Waals surface area contributed by atoms with Crippen molar-refractivity contribution in [2.75, 3.05) is 6.54 Å². The molecular weight excluding hydrogens is 236 g/mol. The number of carbonyl (C=O) groups excluding carboxylic acids is 1. The first-order valence-electron chi connectivity index (χ1n) is 5.14. The van der Waals surface area contributed by atoms with E-state index in [9.17, 15) is 4.79 Å². The van der Waals surface area contributed by atoms with Crippen LogP contribution >= 0.6 is 11.6 Å². The lowest BCUT2D eigenvalue weighted by molar-refractivity contribution is 0.0953. The summed E-state index contributed by atoms with van der Waals surface area (Å²) in [4.78, 5) is 16.0. The Hall–Kier alpha value is -1.87. The van der Waals surface area contributed by atoms with E-state index >= 15 is 0 Å². The van der Waals surface area contributed by atoms with Gasteiger partial charge in [-0.3, -0.25) is 4.79 Å². The second-order valence-electron chi connectivity index (χ2n) is 3.59. The molecule has 3 nitrogen and oxygen atoms in total. The van der Waals surface area contributed by atoms with Gasteiger partial charge in [0.1, 0.15) is 5.69 Å². The highest BCUT2D eigenvalue weighted by Gasteiger charge is 2.07. The van der Waals surface area contributed by atoms with Crippen LogP contribution in [0.3, 0.4) is 0 Å². The first-order valence-corrected chi connectivity index (χ1v) is 5.52. The lowest BCUT2D eigenvalue weighted by atomic mass is 10.2. The summed E-state index contributed by atoms with van der Waals surface area (Å²) in [5, 5.41) is 4.02. The highest BCUT2D eigenvalue weighted by Crippen LogP contribution is 2.11. The summed E-state index contributed by atoms with van der Waals surface area (Å²) < 4.78 is 0. The molecule has 0 saturated heterocycles. The molecule has 0 saturated carbocycles. The van der Waals surface area contributed by atoms with Crippen molar-refractivity contribution < 1.29 is 4.79 Å². The molecule has 2 rings (SSSR count). The van der Waals surface area contributed by atoms with Crippen molar-refractivity contribution in [3.63, 3.8) is 0 Å². The molecule has 0 bridgehead atoms. The minimum atomic E-state index is -0.252. The van der Waals surface area contributed by atoms with Crippen molar-refractivity contribution in [1.82, 2.24) is 10.3 Å². The highest BCUT2D eigenvalue weighted by atomic mass is 35.5. The Morgan fingerprint density at radius 3 is 2.82 bits per heavy atom. The molecule has 0 radical (unpaired) electrons. The van der Waals surface area contributed by atoms with Gasteiger partial charge < -0.3 is 5.32 Å². The summed E-state index contributed by atoms with van der Waals surface area (Å²) in [5.74, 6) is -0.252. The second-order valence-corrected chi connectivity index (χ2v) is 4.12. The summed E-state index contributed by atoms with van der Waals surface area (Å²) in [5.41, 5.74) is 1.17. The molecule has 0 fully saturated rings. The maximum atomic E-state index is 11.7. The molecular formula is C13H11ClN2O. The number of nitrogens with one attached hydrogen (secondary N) is 1. The van der Waals surface area contributed by atoms with E-state index in [4.69, 9.17) is 11.6 Å². The molecule has 1 heterocycles. The molecule has 0 aliphatic carbocycles. The van der Waals surface area contributed by atoms with E-state index in [1.54, 1.807) is 6.07 Å². The molecule has 0 unspecified atom stereocenters. The van der Waals surface area contributed by atoms with Crippen LogP contribution in [0, 0.1) is 0 Å². The van der Waals surface area contributed by atoms with Gasteiger partial charge in [0.05, 0.1) is 12.1 Å². The van der Waals surface area contributed by atoms with Crippen molar-refractivity contribution in [3.8, 4) is 0 Å². The van der Waals surface area contributed by atoms with Gasteiger partial charge in [-0.05, 0) is 12.1 Å². The van der Waals surface area contributed by atoms with Crippen molar-refractivity contribution in [3.05, 3.63) is 53.7 Å². The van der Waals surface area contributed by atoms with E-state index in [0.29, 0.717) is 10.7 Å². The number of carbonyl (C=O) groups is 1. The Morgan fingerprint density at radius 1 is 1.29 bits per heavy atom. The summed E-state index contributed by atoms with van der Waals surface area (Å²) in [6.07, 6.45) is 0. The van der Waals surface area contributed by atoms with E-state index in [0.717, 1.165) is 10.9 Å². The van der Waals surface area contributed by atoms with Crippen LogP contribution in [0.2, 0.25) is 0 Å². The fraction of sp³-hybridized carbons (Fsp3) is 0.0769. The minimum absolute atomic E-state index is 0.245. The Kier molecular flexibility index (Phi) is 3.40. The fourth-order valence-electron chi connectivity index (χ4n) is 1.46. The van der Waals surface area contributed by atoms with Crippen LogP contribution in [0.25, 0.3) is 10.9 Å². The summed E-state index contributed by atoms with van der Waals surface area (Å²) in [6, 6.07) is 11.2. The highest BCUT2D eigenvalue weighted by molar-refractivity contribution is 6.29. The maximum Gasteiger partial charge on any atom is 0.270 e. The topological polar surface area (TPSA) is 42.0 Å². The molecule has 86 valence electrons. The molecule has 1 amide bonds. The monoisotopic (exact) mass is 246 g/mol. The second kappa shape index (κ2) is 4.97. The number of amides is 1. The van der Waals surface area contributed by atoms with Gasteiger partial charge in [0.15, 0.2) is 0 Å². The first-order chi connectivity index (χ1) is 8.16. The van der Waals surface area contributed by atoms with Crippen molar-refractivity contribution in [1.29, 1.82) is 0 Å². The smallest absolute Gasteiger partial charge is 0.270 e. The average molecular weight is 247 g/mol. The number of hydrogen-bond donors (Lipinski definition) is 1. The van der Waals surface area contributed by atoms with Crippen molar-refractivity contribution >= 4 is 28.4 Å². The van der Waals surface area contributed by atoms with E-state index in [2.05, 4.69) is 16.9 Å². The molecule has 2 aromatic rings. The number of hydrogen-bond acceptors (Lipinski definition) is 2. The SMILES string of the molecule is C=C(Cl)CNC(=O)c1ccc2ccccc2n1. The van der Waals surface area contributed by atoms with E-state index in [1.807, 2.05) is 30.3 Å². The molecule has 17 heavy (non-hydrogen) atoms. The quantitative estimate of drug-likeness (QED) is 0.905. The normalized spacial score (nSPS) is 10.2. The Labute approximate surface area is 104 Å². The summed E-state index contributed by atoms with van der Waals surface area (Å²) in [7, 11) is 0. The standard InChI is InChI=1S/C13H11ClN2O/c1-9(14)8-15-13(17)12-7-6-10-4-2-3-5-11(10)16-12/h2-7H,1,8H2,(H,15,17). The zero-order chi connectivity index (χ0) is 12.3. The van der Waals surface area contributed by atoms with Crippen LogP contribution in [0.5, 0.6) is 0 Å². The van der Waals surface area contributed by atoms with Gasteiger partial charge in [-0.2, -0.15) is 0 Å². The Balaban J connectivity index is 2.24. The van der Waals surface area contributed by atoms with Crippen LogP contribution in [-0.2, 0) is 0 Å². The van der Waals surface area contributed by atoms with Gasteiger partial charge >= 0.3 is 0 Å². The molecule has 0 spiro atoms. The Bertz CT molecular complexity index is 580. The number of pyridine rings is 1. The summed E-state index contributed by atoms with van der Waals surface area (Å²) >= 11 is 5.57. The van der Waals surface area contributed by atoms with Crippen molar-refractivity contribution in [2.24, 2.45) is 0 Å². The number of rotatable bonds is 3. The third-order valence-electron chi connectivity index (χ3n) is 2.27. The van der Waals surface area contributed by atoms with Crippen LogP contribution in [0.4, 0.5) is 0 Å². The van der Waals surface area contributed by atoms with Gasteiger partial charge in [-0.25, -0.2) is 4.98 Å². The zero-order valence-electron chi connectivity index (χ0n) is 9.11. The third-order valence-corrected chi connectivity index (χ3v) is 2.41. The molecule has 0 atom stereocenters. The molecule has 0 aliphatic heterocycles. The Morgan fingerprint density at radius 2 is 2.06 bits per heavy atom. The van der Waals surface area contributed by atoms with Gasteiger partial charge in [0, 0.05) is 10.4 Å². The first kappa shape index (κ1) is 11.6. The fourth-order valence-corrected chi connectivity index (χ4v) is 1.53. The largest absolute Gasteiger partial charge is 0.346 e. The van der Waals surface area contributed by atoms with E-state index in [-0.39, 0.29) is 12.5 Å². The van der Waals surface area contributed by atoms with Crippen LogP contribution in [0.15, 0.2) is 48.0 Å². The van der Waals surface area contributed by atoms with Gasteiger partial charge in [-0.1, -0.05) is 42.4 Å². The predicted molar refractivity (Wildman–Crippen MR) is 69.1 cm³/mol.